The average molecular weight is 283 g/mol. The van der Waals surface area contributed by atoms with Crippen molar-refractivity contribution in [2.45, 2.75) is 33.3 Å². The summed E-state index contributed by atoms with van der Waals surface area (Å²) < 4.78 is 5.75. The van der Waals surface area contributed by atoms with E-state index in [9.17, 15) is 9.59 Å². The maximum Gasteiger partial charge on any atom is 0.324 e. The number of nitrogens with one attached hydrogen (secondary N) is 1. The van der Waals surface area contributed by atoms with E-state index in [1.165, 1.54) is 0 Å². The Morgan fingerprint density at radius 1 is 1.30 bits per heavy atom. The Bertz CT molecular complexity index is 378. The second-order valence-electron chi connectivity index (χ2n) is 6.84. The first-order chi connectivity index (χ1) is 9.33. The molecule has 2 aliphatic rings. The lowest BCUT2D eigenvalue weighted by atomic mass is 9.95. The van der Waals surface area contributed by atoms with Gasteiger partial charge in [-0.15, -0.1) is 0 Å². The second-order valence-corrected chi connectivity index (χ2v) is 6.84. The summed E-state index contributed by atoms with van der Waals surface area (Å²) in [5, 5.41) is 2.35. The van der Waals surface area contributed by atoms with Crippen molar-refractivity contribution in [3.05, 3.63) is 0 Å². The summed E-state index contributed by atoms with van der Waals surface area (Å²) in [6.45, 7) is 11.2. The molecule has 0 aromatic carbocycles. The second kappa shape index (κ2) is 6.10. The van der Waals surface area contributed by atoms with Crippen LogP contribution in [0.2, 0.25) is 0 Å². The minimum Gasteiger partial charge on any atom is -0.374 e. The van der Waals surface area contributed by atoms with Gasteiger partial charge in [0.1, 0.15) is 0 Å². The molecule has 0 aliphatic carbocycles. The highest BCUT2D eigenvalue weighted by atomic mass is 16.5. The minimum absolute atomic E-state index is 0.0325. The number of rotatable bonds is 3. The van der Waals surface area contributed by atoms with Gasteiger partial charge in [-0.1, -0.05) is 20.8 Å². The zero-order chi connectivity index (χ0) is 14.8. The van der Waals surface area contributed by atoms with Crippen molar-refractivity contribution in [3.8, 4) is 0 Å². The first-order valence-corrected chi connectivity index (χ1v) is 7.26. The number of urea groups is 1. The van der Waals surface area contributed by atoms with Crippen molar-refractivity contribution in [2.24, 2.45) is 5.41 Å². The number of imide groups is 1. The van der Waals surface area contributed by atoms with Gasteiger partial charge >= 0.3 is 6.03 Å². The van der Waals surface area contributed by atoms with Crippen molar-refractivity contribution in [1.82, 2.24) is 15.1 Å². The van der Waals surface area contributed by atoms with Crippen LogP contribution < -0.4 is 5.32 Å². The quantitative estimate of drug-likeness (QED) is 0.827. The van der Waals surface area contributed by atoms with E-state index in [0.29, 0.717) is 26.1 Å². The van der Waals surface area contributed by atoms with E-state index < -0.39 is 0 Å². The third-order valence-corrected chi connectivity index (χ3v) is 3.49. The maximum absolute atomic E-state index is 11.7. The molecule has 1 unspecified atom stereocenters. The molecule has 20 heavy (non-hydrogen) atoms. The van der Waals surface area contributed by atoms with Gasteiger partial charge in [-0.05, 0) is 5.41 Å². The van der Waals surface area contributed by atoms with Crippen molar-refractivity contribution in [1.29, 1.82) is 0 Å². The molecule has 1 N–H and O–H groups in total. The van der Waals surface area contributed by atoms with Crippen LogP contribution in [0.5, 0.6) is 0 Å². The molecule has 114 valence electrons. The number of hydrogen-bond donors (Lipinski definition) is 1. The average Bonchev–Trinajstić information content (AvgIpc) is 2.31. The number of carbonyl (C=O) groups excluding carboxylic acids is 2. The van der Waals surface area contributed by atoms with Gasteiger partial charge in [-0.2, -0.15) is 0 Å². The fourth-order valence-electron chi connectivity index (χ4n) is 2.72. The number of morpholine rings is 1. The van der Waals surface area contributed by atoms with Crippen LogP contribution >= 0.6 is 0 Å². The molecule has 2 rings (SSSR count). The van der Waals surface area contributed by atoms with Crippen LogP contribution in [-0.2, 0) is 9.53 Å². The molecule has 6 heteroatoms. The van der Waals surface area contributed by atoms with Crippen LogP contribution in [0.25, 0.3) is 0 Å². The van der Waals surface area contributed by atoms with Crippen LogP contribution in [-0.4, -0.2) is 67.2 Å². The summed E-state index contributed by atoms with van der Waals surface area (Å²) in [7, 11) is 0. The first kappa shape index (κ1) is 15.3. The molecule has 2 aliphatic heterocycles. The fourth-order valence-corrected chi connectivity index (χ4v) is 2.72. The van der Waals surface area contributed by atoms with Gasteiger partial charge < -0.3 is 9.64 Å². The summed E-state index contributed by atoms with van der Waals surface area (Å²) in [6.07, 6.45) is 0.412. The zero-order valence-corrected chi connectivity index (χ0v) is 12.6. The summed E-state index contributed by atoms with van der Waals surface area (Å²) in [5.41, 5.74) is 0.261. The highest BCUT2D eigenvalue weighted by Gasteiger charge is 2.29. The highest BCUT2D eigenvalue weighted by Crippen LogP contribution is 2.18. The molecule has 0 spiro atoms. The molecule has 0 aromatic heterocycles. The van der Waals surface area contributed by atoms with E-state index in [-0.39, 0.29) is 23.5 Å². The Hall–Kier alpha value is -1.14. The van der Waals surface area contributed by atoms with Crippen LogP contribution in [0, 0.1) is 5.41 Å². The maximum atomic E-state index is 11.7. The molecule has 2 saturated heterocycles. The fraction of sp³-hybridized carbons (Fsp3) is 0.857. The van der Waals surface area contributed by atoms with Crippen LogP contribution in [0.15, 0.2) is 0 Å². The van der Waals surface area contributed by atoms with Crippen LogP contribution in [0.3, 0.4) is 0 Å². The van der Waals surface area contributed by atoms with Gasteiger partial charge in [0, 0.05) is 39.1 Å². The van der Waals surface area contributed by atoms with Crippen molar-refractivity contribution < 1.29 is 14.3 Å². The van der Waals surface area contributed by atoms with Crippen LogP contribution in [0.1, 0.15) is 27.2 Å². The molecular weight excluding hydrogens is 258 g/mol. The highest BCUT2D eigenvalue weighted by molar-refractivity contribution is 5.96. The van der Waals surface area contributed by atoms with Crippen molar-refractivity contribution >= 4 is 11.9 Å². The molecule has 0 aromatic rings. The largest absolute Gasteiger partial charge is 0.374 e. The van der Waals surface area contributed by atoms with Gasteiger partial charge in [0.05, 0.1) is 12.7 Å². The number of ether oxygens (including phenoxy) is 1. The topological polar surface area (TPSA) is 61.9 Å². The standard InChI is InChI=1S/C14H25N3O3/c1-14(2,3)10-16-6-7-20-11(8-16)9-17-5-4-12(18)15-13(17)19/h11H,4-10H2,1-3H3,(H,15,18,19). The van der Waals surface area contributed by atoms with Crippen LogP contribution in [0.4, 0.5) is 4.79 Å². The lowest BCUT2D eigenvalue weighted by molar-refractivity contribution is -0.122. The summed E-state index contributed by atoms with van der Waals surface area (Å²) in [6, 6.07) is -0.294. The zero-order valence-electron chi connectivity index (χ0n) is 12.6. The van der Waals surface area contributed by atoms with E-state index in [1.54, 1.807) is 4.90 Å². The Balaban J connectivity index is 1.83. The van der Waals surface area contributed by atoms with Crippen molar-refractivity contribution in [2.75, 3.05) is 39.3 Å². The molecule has 0 saturated carbocycles. The molecule has 0 bridgehead atoms. The van der Waals surface area contributed by atoms with Gasteiger partial charge in [0.15, 0.2) is 0 Å². The van der Waals surface area contributed by atoms with E-state index in [0.717, 1.165) is 19.6 Å². The predicted molar refractivity (Wildman–Crippen MR) is 75.4 cm³/mol. The number of nitrogens with zero attached hydrogens (tertiary/aromatic N) is 2. The number of carbonyl (C=O) groups is 2. The predicted octanol–water partition coefficient (Wildman–Crippen LogP) is 0.675. The van der Waals surface area contributed by atoms with E-state index in [2.05, 4.69) is 31.0 Å². The first-order valence-electron chi connectivity index (χ1n) is 7.26. The van der Waals surface area contributed by atoms with E-state index >= 15 is 0 Å². The molecule has 2 fully saturated rings. The number of hydrogen-bond acceptors (Lipinski definition) is 4. The third-order valence-electron chi connectivity index (χ3n) is 3.49. The molecule has 1 atom stereocenters. The van der Waals surface area contributed by atoms with Gasteiger partial charge in [-0.25, -0.2) is 4.79 Å². The molecule has 6 nitrogen and oxygen atoms in total. The Morgan fingerprint density at radius 3 is 2.70 bits per heavy atom. The van der Waals surface area contributed by atoms with E-state index in [4.69, 9.17) is 4.74 Å². The SMILES string of the molecule is CC(C)(C)CN1CCOC(CN2CCC(=O)NC2=O)C1. The lowest BCUT2D eigenvalue weighted by Crippen LogP contribution is -2.55. The summed E-state index contributed by atoms with van der Waals surface area (Å²) in [5.74, 6) is -0.190. The Kier molecular flexibility index (Phi) is 4.65. The monoisotopic (exact) mass is 283 g/mol. The summed E-state index contributed by atoms with van der Waals surface area (Å²) >= 11 is 0. The third kappa shape index (κ3) is 4.45. The number of amides is 3. The summed E-state index contributed by atoms with van der Waals surface area (Å²) in [4.78, 5) is 26.9. The van der Waals surface area contributed by atoms with Gasteiger partial charge in [0.2, 0.25) is 5.91 Å². The Morgan fingerprint density at radius 2 is 2.05 bits per heavy atom. The van der Waals surface area contributed by atoms with Crippen molar-refractivity contribution in [3.63, 3.8) is 0 Å². The molecular formula is C14H25N3O3. The minimum atomic E-state index is -0.294. The Labute approximate surface area is 120 Å². The van der Waals surface area contributed by atoms with Gasteiger partial charge in [0.25, 0.3) is 0 Å². The lowest BCUT2D eigenvalue weighted by Gasteiger charge is -2.38. The smallest absolute Gasteiger partial charge is 0.324 e. The molecule has 2 heterocycles. The normalized spacial score (nSPS) is 25.8. The van der Waals surface area contributed by atoms with Gasteiger partial charge in [-0.3, -0.25) is 15.0 Å². The molecule has 0 radical (unpaired) electrons. The van der Waals surface area contributed by atoms with E-state index in [1.807, 2.05) is 0 Å². The molecule has 3 amide bonds.